The van der Waals surface area contributed by atoms with Crippen LogP contribution in [0.1, 0.15) is 68.4 Å². The minimum atomic E-state index is -0.340. The summed E-state index contributed by atoms with van der Waals surface area (Å²) in [5, 5.41) is 0. The van der Waals surface area contributed by atoms with Gasteiger partial charge in [-0.1, -0.05) is 20.3 Å². The Labute approximate surface area is 149 Å². The Bertz CT molecular complexity index is 666. The highest BCUT2D eigenvalue weighted by molar-refractivity contribution is 5.90. The number of rotatable bonds is 4. The Morgan fingerprint density at radius 3 is 2.68 bits per heavy atom. The SMILES string of the molecule is CCOC(=O)c1ccc2c(c1)C(CC)N(C(=O)C1(C)CCC1)CCO2. The minimum absolute atomic E-state index is 0.0724. The van der Waals surface area contributed by atoms with E-state index in [4.69, 9.17) is 9.47 Å². The van der Waals surface area contributed by atoms with Gasteiger partial charge < -0.3 is 14.4 Å². The van der Waals surface area contributed by atoms with Crippen molar-refractivity contribution in [2.45, 2.75) is 52.5 Å². The van der Waals surface area contributed by atoms with E-state index in [2.05, 4.69) is 13.8 Å². The van der Waals surface area contributed by atoms with Crippen molar-refractivity contribution in [1.29, 1.82) is 0 Å². The molecule has 5 nitrogen and oxygen atoms in total. The van der Waals surface area contributed by atoms with Crippen LogP contribution in [-0.2, 0) is 9.53 Å². The van der Waals surface area contributed by atoms with Crippen LogP contribution >= 0.6 is 0 Å². The molecule has 1 aromatic carbocycles. The molecule has 136 valence electrons. The standard InChI is InChI=1S/C20H27NO4/c1-4-16-15-13-14(18(22)24-5-2)7-8-17(15)25-12-11-21(16)19(23)20(3)9-6-10-20/h7-8,13,16H,4-6,9-12H2,1-3H3. The lowest BCUT2D eigenvalue weighted by atomic mass is 9.69. The highest BCUT2D eigenvalue weighted by atomic mass is 16.5. The van der Waals surface area contributed by atoms with E-state index < -0.39 is 0 Å². The van der Waals surface area contributed by atoms with E-state index in [1.807, 2.05) is 17.0 Å². The Kier molecular flexibility index (Phi) is 5.02. The molecule has 0 bridgehead atoms. The van der Waals surface area contributed by atoms with Gasteiger partial charge in [0, 0.05) is 11.0 Å². The summed E-state index contributed by atoms with van der Waals surface area (Å²) < 4.78 is 11.0. The van der Waals surface area contributed by atoms with Crippen LogP contribution in [0.3, 0.4) is 0 Å². The number of carbonyl (C=O) groups excluding carboxylic acids is 2. The Morgan fingerprint density at radius 1 is 1.32 bits per heavy atom. The molecule has 0 N–H and O–H groups in total. The maximum absolute atomic E-state index is 13.1. The molecule has 1 saturated carbocycles. The predicted octanol–water partition coefficient (Wildman–Crippen LogP) is 3.73. The third-order valence-corrected chi connectivity index (χ3v) is 5.47. The predicted molar refractivity (Wildman–Crippen MR) is 94.6 cm³/mol. The average Bonchev–Trinajstić information content (AvgIpc) is 2.77. The first-order valence-corrected chi connectivity index (χ1v) is 9.25. The molecule has 25 heavy (non-hydrogen) atoms. The van der Waals surface area contributed by atoms with Gasteiger partial charge in [0.2, 0.25) is 5.91 Å². The summed E-state index contributed by atoms with van der Waals surface area (Å²) in [5.41, 5.74) is 1.17. The van der Waals surface area contributed by atoms with Gasteiger partial charge >= 0.3 is 5.97 Å². The largest absolute Gasteiger partial charge is 0.491 e. The molecule has 1 aromatic rings. The summed E-state index contributed by atoms with van der Waals surface area (Å²) in [6, 6.07) is 5.31. The highest BCUT2D eigenvalue weighted by Gasteiger charge is 2.44. The monoisotopic (exact) mass is 345 g/mol. The third-order valence-electron chi connectivity index (χ3n) is 5.47. The number of hydrogen-bond donors (Lipinski definition) is 0. The van der Waals surface area contributed by atoms with Gasteiger partial charge in [0.05, 0.1) is 24.8 Å². The van der Waals surface area contributed by atoms with E-state index in [-0.39, 0.29) is 23.3 Å². The van der Waals surface area contributed by atoms with E-state index in [1.165, 1.54) is 0 Å². The van der Waals surface area contributed by atoms with E-state index in [9.17, 15) is 9.59 Å². The van der Waals surface area contributed by atoms with Gasteiger partial charge in [-0.2, -0.15) is 0 Å². The van der Waals surface area contributed by atoms with Crippen molar-refractivity contribution in [2.75, 3.05) is 19.8 Å². The molecule has 1 amide bonds. The number of ether oxygens (including phenoxy) is 2. The maximum Gasteiger partial charge on any atom is 0.338 e. The number of carbonyl (C=O) groups is 2. The average molecular weight is 345 g/mol. The molecule has 3 rings (SSSR count). The molecule has 5 heteroatoms. The van der Waals surface area contributed by atoms with E-state index >= 15 is 0 Å². The summed E-state index contributed by atoms with van der Waals surface area (Å²) >= 11 is 0. The smallest absolute Gasteiger partial charge is 0.338 e. The van der Waals surface area contributed by atoms with Crippen molar-refractivity contribution in [3.8, 4) is 5.75 Å². The van der Waals surface area contributed by atoms with Gasteiger partial charge in [0.15, 0.2) is 0 Å². The topological polar surface area (TPSA) is 55.8 Å². The first-order valence-electron chi connectivity index (χ1n) is 9.25. The minimum Gasteiger partial charge on any atom is -0.491 e. The van der Waals surface area contributed by atoms with Gasteiger partial charge in [-0.15, -0.1) is 0 Å². The maximum atomic E-state index is 13.1. The Hall–Kier alpha value is -2.04. The van der Waals surface area contributed by atoms with Crippen molar-refractivity contribution >= 4 is 11.9 Å². The molecular weight excluding hydrogens is 318 g/mol. The number of hydrogen-bond acceptors (Lipinski definition) is 4. The van der Waals surface area contributed by atoms with Crippen LogP contribution in [0.15, 0.2) is 18.2 Å². The van der Waals surface area contributed by atoms with Gasteiger partial charge in [0.1, 0.15) is 12.4 Å². The fraction of sp³-hybridized carbons (Fsp3) is 0.600. The lowest BCUT2D eigenvalue weighted by molar-refractivity contribution is -0.149. The van der Waals surface area contributed by atoms with Gasteiger partial charge in [-0.25, -0.2) is 4.79 Å². The normalized spacial score (nSPS) is 21.4. The van der Waals surface area contributed by atoms with Crippen LogP contribution in [0.4, 0.5) is 0 Å². The Morgan fingerprint density at radius 2 is 2.08 bits per heavy atom. The fourth-order valence-electron chi connectivity index (χ4n) is 3.81. The van der Waals surface area contributed by atoms with Crippen LogP contribution in [0, 0.1) is 5.41 Å². The molecule has 0 aromatic heterocycles. The second kappa shape index (κ2) is 7.06. The highest BCUT2D eigenvalue weighted by Crippen LogP contribution is 2.45. The number of fused-ring (bicyclic) bond motifs is 1. The van der Waals surface area contributed by atoms with Crippen molar-refractivity contribution in [3.05, 3.63) is 29.3 Å². The van der Waals surface area contributed by atoms with Gasteiger partial charge in [0.25, 0.3) is 0 Å². The van der Waals surface area contributed by atoms with Crippen LogP contribution in [0.2, 0.25) is 0 Å². The fourth-order valence-corrected chi connectivity index (χ4v) is 3.81. The van der Waals surface area contributed by atoms with Crippen LogP contribution in [-0.4, -0.2) is 36.5 Å². The van der Waals surface area contributed by atoms with E-state index in [0.717, 1.165) is 37.0 Å². The summed E-state index contributed by atoms with van der Waals surface area (Å²) in [6.07, 6.45) is 3.81. The van der Waals surface area contributed by atoms with E-state index in [0.29, 0.717) is 25.3 Å². The lowest BCUT2D eigenvalue weighted by Crippen LogP contribution is -2.48. The number of benzene rings is 1. The second-order valence-electron chi connectivity index (χ2n) is 7.16. The van der Waals surface area contributed by atoms with Crippen LogP contribution in [0.25, 0.3) is 0 Å². The van der Waals surface area contributed by atoms with Crippen molar-refractivity contribution in [2.24, 2.45) is 5.41 Å². The number of esters is 1. The van der Waals surface area contributed by atoms with E-state index in [1.54, 1.807) is 13.0 Å². The molecule has 1 aliphatic carbocycles. The zero-order valence-electron chi connectivity index (χ0n) is 15.3. The molecule has 1 atom stereocenters. The molecule has 0 radical (unpaired) electrons. The quantitative estimate of drug-likeness (QED) is 0.780. The molecule has 0 saturated heterocycles. The second-order valence-corrected chi connectivity index (χ2v) is 7.16. The first-order chi connectivity index (χ1) is 12.0. The zero-order chi connectivity index (χ0) is 18.0. The summed E-state index contributed by atoms with van der Waals surface area (Å²) in [5.74, 6) is 0.630. The molecule has 1 fully saturated rings. The summed E-state index contributed by atoms with van der Waals surface area (Å²) in [6.45, 7) is 7.32. The van der Waals surface area contributed by atoms with Crippen LogP contribution in [0.5, 0.6) is 5.75 Å². The molecule has 1 unspecified atom stereocenters. The first kappa shape index (κ1) is 17.8. The molecule has 0 spiro atoms. The van der Waals surface area contributed by atoms with Gasteiger partial charge in [-0.3, -0.25) is 4.79 Å². The number of amides is 1. The lowest BCUT2D eigenvalue weighted by Gasteiger charge is -2.42. The molecule has 1 heterocycles. The Balaban J connectivity index is 1.95. The summed E-state index contributed by atoms with van der Waals surface area (Å²) in [4.78, 5) is 27.2. The molecule has 2 aliphatic rings. The summed E-state index contributed by atoms with van der Waals surface area (Å²) in [7, 11) is 0. The third kappa shape index (κ3) is 3.24. The number of nitrogens with zero attached hydrogens (tertiary/aromatic N) is 1. The zero-order valence-corrected chi connectivity index (χ0v) is 15.3. The van der Waals surface area contributed by atoms with Crippen molar-refractivity contribution in [3.63, 3.8) is 0 Å². The van der Waals surface area contributed by atoms with Crippen molar-refractivity contribution < 1.29 is 19.1 Å². The van der Waals surface area contributed by atoms with Crippen molar-refractivity contribution in [1.82, 2.24) is 4.90 Å². The van der Waals surface area contributed by atoms with Crippen LogP contribution < -0.4 is 4.74 Å². The molecular formula is C20H27NO4. The van der Waals surface area contributed by atoms with Gasteiger partial charge in [-0.05, 0) is 44.4 Å². The molecule has 1 aliphatic heterocycles.